The van der Waals surface area contributed by atoms with Gasteiger partial charge in [0.1, 0.15) is 12.4 Å². The molecule has 5 rings (SSSR count). The van der Waals surface area contributed by atoms with Crippen molar-refractivity contribution < 1.29 is 14.6 Å². The largest absolute Gasteiger partial charge is 0.546 e. The van der Waals surface area contributed by atoms with Crippen molar-refractivity contribution in [1.29, 1.82) is 0 Å². The lowest BCUT2D eigenvalue weighted by atomic mass is 10.0. The summed E-state index contributed by atoms with van der Waals surface area (Å²) in [4.78, 5) is 28.8. The van der Waals surface area contributed by atoms with Gasteiger partial charge in [0, 0.05) is 33.3 Å². The molecule has 0 aliphatic carbocycles. The van der Waals surface area contributed by atoms with Crippen LogP contribution in [0.3, 0.4) is 0 Å². The molecule has 0 aliphatic heterocycles. The number of ether oxygens (including phenoxy) is 1. The molecule has 0 saturated heterocycles. The predicted molar refractivity (Wildman–Crippen MR) is 110 cm³/mol. The maximum absolute atomic E-state index is 13.3. The number of aromatic nitrogens is 2. The van der Waals surface area contributed by atoms with Crippen LogP contribution in [-0.2, 0) is 11.2 Å². The van der Waals surface area contributed by atoms with Crippen molar-refractivity contribution >= 4 is 44.1 Å². The first-order chi connectivity index (χ1) is 14.1. The third-order valence-corrected chi connectivity index (χ3v) is 5.22. The minimum atomic E-state index is -1.30. The van der Waals surface area contributed by atoms with E-state index in [1.807, 2.05) is 24.3 Å². The van der Waals surface area contributed by atoms with E-state index in [2.05, 4.69) is 11.6 Å². The number of nitrogens with zero attached hydrogens (tertiary/aromatic N) is 2. The molecule has 5 aromatic rings. The zero-order valence-electron chi connectivity index (χ0n) is 15.3. The number of allylic oxidation sites excluding steroid dienone is 1. The van der Waals surface area contributed by atoms with Gasteiger partial charge in [0.15, 0.2) is 0 Å². The van der Waals surface area contributed by atoms with Crippen LogP contribution in [0.5, 0.6) is 5.75 Å². The highest BCUT2D eigenvalue weighted by molar-refractivity contribution is 6.19. The maximum Gasteiger partial charge on any atom is 0.263 e. The smallest absolute Gasteiger partial charge is 0.263 e. The number of rotatable bonds is 5. The number of carboxylic acids is 1. The van der Waals surface area contributed by atoms with E-state index in [4.69, 9.17) is 4.74 Å². The Labute approximate surface area is 164 Å². The Hall–Kier alpha value is -3.93. The molecule has 0 unspecified atom stereocenters. The summed E-state index contributed by atoms with van der Waals surface area (Å²) in [6.07, 6.45) is 3.90. The normalized spacial score (nSPS) is 11.6. The molecule has 2 aromatic carbocycles. The summed E-state index contributed by atoms with van der Waals surface area (Å²) in [7, 11) is 0. The highest BCUT2D eigenvalue weighted by atomic mass is 16.5. The minimum Gasteiger partial charge on any atom is -0.546 e. The topological polar surface area (TPSA) is 83.7 Å². The van der Waals surface area contributed by atoms with Crippen LogP contribution in [0.2, 0.25) is 0 Å². The Morgan fingerprint density at radius 1 is 1.14 bits per heavy atom. The first kappa shape index (κ1) is 17.2. The van der Waals surface area contributed by atoms with Crippen molar-refractivity contribution in [2.24, 2.45) is 0 Å². The molecule has 0 aliphatic rings. The number of hydrogen-bond donors (Lipinski definition) is 0. The Morgan fingerprint density at radius 3 is 2.69 bits per heavy atom. The van der Waals surface area contributed by atoms with E-state index in [1.165, 1.54) is 0 Å². The first-order valence-corrected chi connectivity index (χ1v) is 9.14. The van der Waals surface area contributed by atoms with Crippen LogP contribution in [0.4, 0.5) is 0 Å². The van der Waals surface area contributed by atoms with E-state index < -0.39 is 12.6 Å². The number of benzene rings is 2. The fourth-order valence-electron chi connectivity index (χ4n) is 4.13. The Bertz CT molecular complexity index is 1500. The van der Waals surface area contributed by atoms with Gasteiger partial charge in [0.25, 0.3) is 5.56 Å². The number of carboxylic acid groups (broad SMARTS) is 1. The monoisotopic (exact) mass is 383 g/mol. The lowest BCUT2D eigenvalue weighted by Crippen LogP contribution is -2.29. The van der Waals surface area contributed by atoms with Crippen molar-refractivity contribution in [3.8, 4) is 5.75 Å². The molecule has 0 fully saturated rings. The molecule has 0 saturated carbocycles. The average molecular weight is 383 g/mol. The standard InChI is InChI=1S/C23H16N2O4/c1-2-5-15-18(29-12-19(26)27)9-8-17-20(15)16-10-11-24-21-13-6-3-4-7-14(13)23(28)25(17)22(16)21/h2-4,6-11H,1,5,12H2,(H,26,27)/p-1. The number of carbonyl (C=O) groups is 1. The summed E-state index contributed by atoms with van der Waals surface area (Å²) >= 11 is 0. The van der Waals surface area contributed by atoms with Crippen molar-refractivity contribution in [2.75, 3.05) is 6.61 Å². The van der Waals surface area contributed by atoms with Crippen molar-refractivity contribution in [3.63, 3.8) is 0 Å². The van der Waals surface area contributed by atoms with Gasteiger partial charge in [-0.3, -0.25) is 14.2 Å². The third-order valence-electron chi connectivity index (χ3n) is 5.22. The molecule has 0 N–H and O–H groups in total. The zero-order valence-corrected chi connectivity index (χ0v) is 15.3. The lowest BCUT2D eigenvalue weighted by molar-refractivity contribution is -0.307. The SMILES string of the molecule is C=CCc1c(OCC(=O)[O-])ccc2c1c1ccnc3c4ccccc4c(=O)n2c13. The van der Waals surface area contributed by atoms with Gasteiger partial charge >= 0.3 is 0 Å². The van der Waals surface area contributed by atoms with Crippen LogP contribution in [0.25, 0.3) is 38.1 Å². The van der Waals surface area contributed by atoms with Gasteiger partial charge in [0.05, 0.1) is 22.5 Å². The van der Waals surface area contributed by atoms with Crippen LogP contribution in [0, 0.1) is 0 Å². The predicted octanol–water partition coefficient (Wildman–Crippen LogP) is 2.45. The number of pyridine rings is 2. The molecule has 0 bridgehead atoms. The van der Waals surface area contributed by atoms with Crippen molar-refractivity contribution in [1.82, 2.24) is 9.38 Å². The number of fused-ring (bicyclic) bond motifs is 5. The van der Waals surface area contributed by atoms with Crippen LogP contribution < -0.4 is 15.4 Å². The van der Waals surface area contributed by atoms with E-state index in [1.54, 1.807) is 34.9 Å². The fourth-order valence-corrected chi connectivity index (χ4v) is 4.13. The molecular formula is C23H15N2O4-. The summed E-state index contributed by atoms with van der Waals surface area (Å²) in [5.41, 5.74) is 2.88. The Balaban J connectivity index is 2.00. The van der Waals surface area contributed by atoms with E-state index in [9.17, 15) is 14.7 Å². The molecule has 0 spiro atoms. The minimum absolute atomic E-state index is 0.117. The maximum atomic E-state index is 13.3. The zero-order chi connectivity index (χ0) is 20.1. The molecule has 6 nitrogen and oxygen atoms in total. The summed E-state index contributed by atoms with van der Waals surface area (Å²) < 4.78 is 7.15. The first-order valence-electron chi connectivity index (χ1n) is 9.14. The number of hydrogen-bond acceptors (Lipinski definition) is 5. The number of carbonyl (C=O) groups excluding carboxylic acids is 1. The summed E-state index contributed by atoms with van der Waals surface area (Å²) in [5.74, 6) is -0.865. The van der Waals surface area contributed by atoms with Gasteiger partial charge in [-0.15, -0.1) is 6.58 Å². The molecule has 0 amide bonds. The second-order valence-electron chi connectivity index (χ2n) is 6.83. The van der Waals surface area contributed by atoms with Gasteiger partial charge in [-0.1, -0.05) is 24.3 Å². The fraction of sp³-hybridized carbons (Fsp3) is 0.0870. The van der Waals surface area contributed by atoms with Crippen LogP contribution in [0.1, 0.15) is 5.56 Å². The molecule has 6 heteroatoms. The van der Waals surface area contributed by atoms with E-state index >= 15 is 0 Å². The Kier molecular flexibility index (Phi) is 3.74. The second-order valence-corrected chi connectivity index (χ2v) is 6.83. The molecule has 142 valence electrons. The second kappa shape index (κ2) is 6.31. The van der Waals surface area contributed by atoms with Crippen molar-refractivity contribution in [2.45, 2.75) is 6.42 Å². The third kappa shape index (κ3) is 2.39. The molecular weight excluding hydrogens is 368 g/mol. The van der Waals surface area contributed by atoms with Gasteiger partial charge < -0.3 is 14.6 Å². The lowest BCUT2D eigenvalue weighted by Gasteiger charge is -2.12. The average Bonchev–Trinajstić information content (AvgIpc) is 3.07. The Morgan fingerprint density at radius 2 is 1.93 bits per heavy atom. The van der Waals surface area contributed by atoms with Crippen LogP contribution in [-0.4, -0.2) is 22.0 Å². The highest BCUT2D eigenvalue weighted by Crippen LogP contribution is 2.38. The molecule has 29 heavy (non-hydrogen) atoms. The number of aliphatic carboxylic acids is 1. The molecule has 0 radical (unpaired) electrons. The van der Waals surface area contributed by atoms with E-state index in [-0.39, 0.29) is 5.56 Å². The van der Waals surface area contributed by atoms with Gasteiger partial charge in [0.2, 0.25) is 0 Å². The van der Waals surface area contributed by atoms with Crippen molar-refractivity contribution in [3.05, 3.63) is 77.2 Å². The summed E-state index contributed by atoms with van der Waals surface area (Å²) in [5, 5.41) is 14.0. The summed E-state index contributed by atoms with van der Waals surface area (Å²) in [6, 6.07) is 12.8. The molecule has 0 atom stereocenters. The van der Waals surface area contributed by atoms with Crippen LogP contribution >= 0.6 is 0 Å². The highest BCUT2D eigenvalue weighted by Gasteiger charge is 2.21. The van der Waals surface area contributed by atoms with Gasteiger partial charge in [-0.25, -0.2) is 0 Å². The van der Waals surface area contributed by atoms with Crippen LogP contribution in [0.15, 0.2) is 66.1 Å². The van der Waals surface area contributed by atoms with Gasteiger partial charge in [-0.2, -0.15) is 0 Å². The quantitative estimate of drug-likeness (QED) is 0.344. The van der Waals surface area contributed by atoms with E-state index in [0.717, 1.165) is 38.3 Å². The molecule has 3 heterocycles. The molecule has 3 aromatic heterocycles. The van der Waals surface area contributed by atoms with Gasteiger partial charge in [-0.05, 0) is 30.7 Å². The van der Waals surface area contributed by atoms with E-state index in [0.29, 0.717) is 17.6 Å². The summed E-state index contributed by atoms with van der Waals surface area (Å²) in [6.45, 7) is 3.26.